The van der Waals surface area contributed by atoms with E-state index in [1.807, 2.05) is 25.2 Å². The number of benzene rings is 1. The number of hydrogen-bond donors (Lipinski definition) is 3. The molecule has 94 valence electrons. The van der Waals surface area contributed by atoms with E-state index >= 15 is 0 Å². The van der Waals surface area contributed by atoms with E-state index in [4.69, 9.17) is 11.1 Å². The summed E-state index contributed by atoms with van der Waals surface area (Å²) in [5, 5.41) is 12.6. The highest BCUT2D eigenvalue weighted by atomic mass is 15.3. The second-order valence-corrected chi connectivity index (χ2v) is 4.94. The SMILES string of the molecule is CN1C/C(=N/NC2CC2)C(=N)c2cccc(N)c21. The van der Waals surface area contributed by atoms with Crippen LogP contribution < -0.4 is 16.1 Å². The van der Waals surface area contributed by atoms with Gasteiger partial charge in [0.05, 0.1) is 23.6 Å². The monoisotopic (exact) mass is 243 g/mol. The van der Waals surface area contributed by atoms with Crippen LogP contribution in [0.5, 0.6) is 0 Å². The second kappa shape index (κ2) is 4.01. The third-order valence-electron chi connectivity index (χ3n) is 3.35. The fourth-order valence-electron chi connectivity index (χ4n) is 2.20. The van der Waals surface area contributed by atoms with Crippen molar-refractivity contribution < 1.29 is 0 Å². The molecule has 0 aromatic heterocycles. The van der Waals surface area contributed by atoms with E-state index in [0.717, 1.165) is 17.0 Å². The third-order valence-corrected chi connectivity index (χ3v) is 3.35. The molecule has 1 aliphatic heterocycles. The van der Waals surface area contributed by atoms with E-state index in [-0.39, 0.29) is 0 Å². The van der Waals surface area contributed by atoms with E-state index in [9.17, 15) is 0 Å². The van der Waals surface area contributed by atoms with Gasteiger partial charge in [0, 0.05) is 18.7 Å². The maximum absolute atomic E-state index is 8.23. The molecule has 5 nitrogen and oxygen atoms in total. The van der Waals surface area contributed by atoms with Crippen LogP contribution in [0.3, 0.4) is 0 Å². The van der Waals surface area contributed by atoms with Crippen molar-refractivity contribution in [2.45, 2.75) is 18.9 Å². The van der Waals surface area contributed by atoms with Crippen LogP contribution >= 0.6 is 0 Å². The van der Waals surface area contributed by atoms with Crippen LogP contribution in [0.4, 0.5) is 11.4 Å². The molecule has 0 unspecified atom stereocenters. The predicted molar refractivity (Wildman–Crippen MR) is 74.5 cm³/mol. The topological polar surface area (TPSA) is 77.5 Å². The van der Waals surface area contributed by atoms with Crippen molar-refractivity contribution >= 4 is 22.8 Å². The number of nitrogens with one attached hydrogen (secondary N) is 2. The first-order chi connectivity index (χ1) is 8.66. The summed E-state index contributed by atoms with van der Waals surface area (Å²) < 4.78 is 0. The number of nitrogens with zero attached hydrogens (tertiary/aromatic N) is 2. The molecule has 1 aromatic carbocycles. The lowest BCUT2D eigenvalue weighted by Crippen LogP contribution is -2.39. The molecular formula is C13H17N5. The molecule has 0 amide bonds. The van der Waals surface area contributed by atoms with Crippen molar-refractivity contribution in [1.29, 1.82) is 5.41 Å². The van der Waals surface area contributed by atoms with E-state index in [1.165, 1.54) is 12.8 Å². The zero-order valence-corrected chi connectivity index (χ0v) is 10.4. The highest BCUT2D eigenvalue weighted by Crippen LogP contribution is 2.30. The molecule has 0 saturated heterocycles. The molecular weight excluding hydrogens is 226 g/mol. The molecule has 2 aliphatic rings. The van der Waals surface area contributed by atoms with Gasteiger partial charge in [-0.2, -0.15) is 5.10 Å². The zero-order chi connectivity index (χ0) is 12.7. The summed E-state index contributed by atoms with van der Waals surface area (Å²) in [6.45, 7) is 0.625. The van der Waals surface area contributed by atoms with Gasteiger partial charge in [0.15, 0.2) is 0 Å². The molecule has 3 rings (SSSR count). The van der Waals surface area contributed by atoms with Gasteiger partial charge in [-0.25, -0.2) is 0 Å². The number of fused-ring (bicyclic) bond motifs is 1. The van der Waals surface area contributed by atoms with Gasteiger partial charge in [0.2, 0.25) is 0 Å². The Morgan fingerprint density at radius 1 is 1.44 bits per heavy atom. The first-order valence-corrected chi connectivity index (χ1v) is 6.18. The maximum atomic E-state index is 8.23. The number of hydrazone groups is 1. The molecule has 1 aromatic rings. The Balaban J connectivity index is 1.95. The molecule has 5 heteroatoms. The van der Waals surface area contributed by atoms with Crippen LogP contribution in [0.1, 0.15) is 18.4 Å². The van der Waals surface area contributed by atoms with E-state index in [0.29, 0.717) is 24.0 Å². The molecule has 1 heterocycles. The Labute approximate surface area is 106 Å². The molecule has 0 radical (unpaired) electrons. The summed E-state index contributed by atoms with van der Waals surface area (Å²) in [5.41, 5.74) is 12.9. The number of hydrogen-bond acceptors (Lipinski definition) is 5. The minimum Gasteiger partial charge on any atom is -0.397 e. The van der Waals surface area contributed by atoms with E-state index in [2.05, 4.69) is 15.4 Å². The standard InChI is InChI=1S/C13H17N5/c1-18-7-11(17-16-8-5-6-8)12(15)9-3-2-4-10(14)13(9)18/h2-4,8,15-16H,5-7,14H2,1H3/b15-12?,17-11-. The van der Waals surface area contributed by atoms with Gasteiger partial charge in [-0.3, -0.25) is 5.41 Å². The van der Waals surface area contributed by atoms with Crippen molar-refractivity contribution in [3.63, 3.8) is 0 Å². The minimum atomic E-state index is 0.476. The second-order valence-electron chi connectivity index (χ2n) is 4.94. The first-order valence-electron chi connectivity index (χ1n) is 6.18. The van der Waals surface area contributed by atoms with Gasteiger partial charge < -0.3 is 16.1 Å². The number of para-hydroxylation sites is 1. The lowest BCUT2D eigenvalue weighted by molar-refractivity contribution is 0.736. The molecule has 1 aliphatic carbocycles. The molecule has 1 fully saturated rings. The molecule has 0 spiro atoms. The third kappa shape index (κ3) is 1.81. The largest absolute Gasteiger partial charge is 0.397 e. The zero-order valence-electron chi connectivity index (χ0n) is 10.4. The van der Waals surface area contributed by atoms with Gasteiger partial charge in [-0.1, -0.05) is 12.1 Å². The average Bonchev–Trinajstić information content (AvgIpc) is 3.15. The normalized spacial score (nSPS) is 21.1. The van der Waals surface area contributed by atoms with Crippen molar-refractivity contribution in [2.75, 3.05) is 24.2 Å². The number of anilines is 2. The minimum absolute atomic E-state index is 0.476. The van der Waals surface area contributed by atoms with Gasteiger partial charge in [0.25, 0.3) is 0 Å². The number of rotatable bonds is 2. The first kappa shape index (κ1) is 11.1. The molecule has 0 bridgehead atoms. The Bertz CT molecular complexity index is 530. The van der Waals surface area contributed by atoms with Crippen LogP contribution in [0, 0.1) is 5.41 Å². The summed E-state index contributed by atoms with van der Waals surface area (Å²) in [5.74, 6) is 0. The van der Waals surface area contributed by atoms with Crippen molar-refractivity contribution in [1.82, 2.24) is 5.43 Å². The Hall–Kier alpha value is -2.04. The summed E-state index contributed by atoms with van der Waals surface area (Å²) in [7, 11) is 1.98. The van der Waals surface area contributed by atoms with Crippen molar-refractivity contribution in [3.05, 3.63) is 23.8 Å². The molecule has 18 heavy (non-hydrogen) atoms. The Morgan fingerprint density at radius 2 is 2.22 bits per heavy atom. The number of nitrogens with two attached hydrogens (primary N) is 1. The molecule has 4 N–H and O–H groups in total. The average molecular weight is 243 g/mol. The van der Waals surface area contributed by atoms with E-state index in [1.54, 1.807) is 0 Å². The fourth-order valence-corrected chi connectivity index (χ4v) is 2.20. The lowest BCUT2D eigenvalue weighted by Gasteiger charge is -2.30. The summed E-state index contributed by atoms with van der Waals surface area (Å²) in [6, 6.07) is 6.19. The predicted octanol–water partition coefficient (Wildman–Crippen LogP) is 1.19. The van der Waals surface area contributed by atoms with Crippen LogP contribution in [-0.2, 0) is 0 Å². The van der Waals surface area contributed by atoms with Crippen molar-refractivity contribution in [3.8, 4) is 0 Å². The molecule has 0 atom stereocenters. The van der Waals surface area contributed by atoms with Crippen molar-refractivity contribution in [2.24, 2.45) is 5.10 Å². The Morgan fingerprint density at radius 3 is 2.94 bits per heavy atom. The quantitative estimate of drug-likeness (QED) is 0.539. The highest BCUT2D eigenvalue weighted by molar-refractivity contribution is 6.50. The van der Waals surface area contributed by atoms with E-state index < -0.39 is 0 Å². The summed E-state index contributed by atoms with van der Waals surface area (Å²) in [6.07, 6.45) is 2.37. The smallest absolute Gasteiger partial charge is 0.105 e. The van der Waals surface area contributed by atoms with Crippen LogP contribution in [0.2, 0.25) is 0 Å². The van der Waals surface area contributed by atoms with Crippen LogP contribution in [0.25, 0.3) is 0 Å². The van der Waals surface area contributed by atoms with Crippen LogP contribution in [-0.4, -0.2) is 31.1 Å². The molecule has 1 saturated carbocycles. The van der Waals surface area contributed by atoms with Crippen LogP contribution in [0.15, 0.2) is 23.3 Å². The highest BCUT2D eigenvalue weighted by Gasteiger charge is 2.26. The summed E-state index contributed by atoms with van der Waals surface area (Å²) >= 11 is 0. The van der Waals surface area contributed by atoms with Gasteiger partial charge in [0.1, 0.15) is 5.71 Å². The fraction of sp³-hybridized carbons (Fsp3) is 0.385. The van der Waals surface area contributed by atoms with Gasteiger partial charge >= 0.3 is 0 Å². The van der Waals surface area contributed by atoms with Gasteiger partial charge in [-0.05, 0) is 18.9 Å². The van der Waals surface area contributed by atoms with Gasteiger partial charge in [-0.15, -0.1) is 0 Å². The lowest BCUT2D eigenvalue weighted by atomic mass is 9.97. The Kier molecular flexibility index (Phi) is 2.47. The summed E-state index contributed by atoms with van der Waals surface area (Å²) in [4.78, 5) is 2.05. The maximum Gasteiger partial charge on any atom is 0.105 e. The number of nitrogen functional groups attached to an aromatic ring is 1.